The zero-order chi connectivity index (χ0) is 11.6. The number of aromatic nitrogens is 3. The van der Waals surface area contributed by atoms with Crippen molar-refractivity contribution in [1.82, 2.24) is 20.1 Å². The van der Waals surface area contributed by atoms with E-state index in [2.05, 4.69) is 15.5 Å². The molecule has 6 nitrogen and oxygen atoms in total. The van der Waals surface area contributed by atoms with Crippen LogP contribution in [0.25, 0.3) is 0 Å². The summed E-state index contributed by atoms with van der Waals surface area (Å²) in [5.41, 5.74) is 5.03. The van der Waals surface area contributed by atoms with Crippen LogP contribution in [0.1, 0.15) is 13.8 Å². The van der Waals surface area contributed by atoms with Gasteiger partial charge >= 0.3 is 0 Å². The molecule has 0 aliphatic heterocycles. The molecule has 15 heavy (non-hydrogen) atoms. The second kappa shape index (κ2) is 4.01. The molecular weight excluding hydrogens is 214 g/mol. The van der Waals surface area contributed by atoms with E-state index < -0.39 is 5.41 Å². The lowest BCUT2D eigenvalue weighted by atomic mass is 9.92. The van der Waals surface area contributed by atoms with Gasteiger partial charge in [0.1, 0.15) is 0 Å². The van der Waals surface area contributed by atoms with Crippen LogP contribution >= 0.6 is 12.2 Å². The van der Waals surface area contributed by atoms with E-state index in [9.17, 15) is 4.79 Å². The SMILES string of the molecule is CNC(=O)C(C)(C)Cn1c(N)n[nH]c1=S. The van der Waals surface area contributed by atoms with E-state index in [0.29, 0.717) is 11.3 Å². The van der Waals surface area contributed by atoms with Crippen LogP contribution in [0, 0.1) is 10.2 Å². The summed E-state index contributed by atoms with van der Waals surface area (Å²) in [5.74, 6) is 0.224. The Bertz CT molecular complexity index is 419. The van der Waals surface area contributed by atoms with Crippen molar-refractivity contribution in [1.29, 1.82) is 0 Å². The number of nitrogens with one attached hydrogen (secondary N) is 2. The highest BCUT2D eigenvalue weighted by molar-refractivity contribution is 7.71. The number of aromatic amines is 1. The minimum atomic E-state index is -0.578. The second-order valence-electron chi connectivity index (χ2n) is 3.94. The Hall–Kier alpha value is -1.37. The number of carbonyl (C=O) groups is 1. The number of nitrogen functional groups attached to an aromatic ring is 1. The number of rotatable bonds is 3. The van der Waals surface area contributed by atoms with E-state index in [-0.39, 0.29) is 11.9 Å². The maximum Gasteiger partial charge on any atom is 0.227 e. The van der Waals surface area contributed by atoms with Crippen molar-refractivity contribution in [3.63, 3.8) is 0 Å². The second-order valence-corrected chi connectivity index (χ2v) is 4.32. The van der Waals surface area contributed by atoms with Crippen LogP contribution in [0.15, 0.2) is 0 Å². The number of hydrogen-bond donors (Lipinski definition) is 3. The highest BCUT2D eigenvalue weighted by Crippen LogP contribution is 2.19. The van der Waals surface area contributed by atoms with Gasteiger partial charge in [0.25, 0.3) is 0 Å². The van der Waals surface area contributed by atoms with Gasteiger partial charge in [-0.3, -0.25) is 9.36 Å². The van der Waals surface area contributed by atoms with Gasteiger partial charge in [0.05, 0.1) is 5.41 Å². The molecule has 0 aliphatic carbocycles. The Kier molecular flexibility index (Phi) is 3.13. The molecule has 0 unspecified atom stereocenters. The lowest BCUT2D eigenvalue weighted by Gasteiger charge is -2.22. The molecule has 84 valence electrons. The van der Waals surface area contributed by atoms with E-state index in [1.54, 1.807) is 11.6 Å². The van der Waals surface area contributed by atoms with Crippen LogP contribution in [-0.4, -0.2) is 27.7 Å². The van der Waals surface area contributed by atoms with Gasteiger partial charge in [0.2, 0.25) is 11.9 Å². The predicted molar refractivity (Wildman–Crippen MR) is 59.7 cm³/mol. The molecule has 1 aromatic heterocycles. The van der Waals surface area contributed by atoms with Crippen LogP contribution < -0.4 is 11.1 Å². The average molecular weight is 229 g/mol. The van der Waals surface area contributed by atoms with E-state index in [0.717, 1.165) is 0 Å². The van der Waals surface area contributed by atoms with Crippen LogP contribution in [0.5, 0.6) is 0 Å². The first kappa shape index (κ1) is 11.7. The lowest BCUT2D eigenvalue weighted by Crippen LogP contribution is -2.38. The number of carbonyl (C=O) groups excluding carboxylic acids is 1. The molecular formula is C8H15N5OS. The molecule has 0 aromatic carbocycles. The molecule has 0 spiro atoms. The van der Waals surface area contributed by atoms with E-state index in [1.807, 2.05) is 13.8 Å². The molecule has 0 fully saturated rings. The Balaban J connectivity index is 2.96. The summed E-state index contributed by atoms with van der Waals surface area (Å²) in [7, 11) is 1.60. The van der Waals surface area contributed by atoms with E-state index >= 15 is 0 Å². The van der Waals surface area contributed by atoms with Crippen molar-refractivity contribution in [2.24, 2.45) is 5.41 Å². The Morgan fingerprint density at radius 2 is 2.33 bits per heavy atom. The molecule has 0 saturated heterocycles. The molecule has 7 heteroatoms. The van der Waals surface area contributed by atoms with Gasteiger partial charge in [-0.1, -0.05) is 0 Å². The summed E-state index contributed by atoms with van der Waals surface area (Å²) >= 11 is 5.00. The fraction of sp³-hybridized carbons (Fsp3) is 0.625. The van der Waals surface area contributed by atoms with E-state index in [1.165, 1.54) is 0 Å². The van der Waals surface area contributed by atoms with Gasteiger partial charge < -0.3 is 11.1 Å². The molecule has 1 amide bonds. The Labute approximate surface area is 92.9 Å². The van der Waals surface area contributed by atoms with Gasteiger partial charge in [0, 0.05) is 13.6 Å². The first-order chi connectivity index (χ1) is 6.88. The minimum Gasteiger partial charge on any atom is -0.368 e. The third-order valence-electron chi connectivity index (χ3n) is 2.18. The molecule has 0 radical (unpaired) electrons. The average Bonchev–Trinajstić information content (AvgIpc) is 2.47. The zero-order valence-corrected chi connectivity index (χ0v) is 9.81. The summed E-state index contributed by atoms with van der Waals surface area (Å²) in [5, 5.41) is 8.95. The van der Waals surface area contributed by atoms with Crippen molar-refractivity contribution in [3.8, 4) is 0 Å². The number of hydrogen-bond acceptors (Lipinski definition) is 4. The first-order valence-electron chi connectivity index (χ1n) is 4.51. The van der Waals surface area contributed by atoms with Gasteiger partial charge in [-0.25, -0.2) is 5.10 Å². The normalized spacial score (nSPS) is 11.4. The summed E-state index contributed by atoms with van der Waals surface area (Å²) < 4.78 is 2.02. The number of amides is 1. The third kappa shape index (κ3) is 2.35. The number of nitrogens with zero attached hydrogens (tertiary/aromatic N) is 2. The van der Waals surface area contributed by atoms with E-state index in [4.69, 9.17) is 18.0 Å². The summed E-state index contributed by atoms with van der Waals surface area (Å²) in [6.45, 7) is 4.04. The molecule has 0 aliphatic rings. The highest BCUT2D eigenvalue weighted by Gasteiger charge is 2.28. The predicted octanol–water partition coefficient (Wildman–Crippen LogP) is 0.295. The summed E-state index contributed by atoms with van der Waals surface area (Å²) in [4.78, 5) is 11.6. The smallest absolute Gasteiger partial charge is 0.227 e. The summed E-state index contributed by atoms with van der Waals surface area (Å²) in [6, 6.07) is 0. The maximum absolute atomic E-state index is 11.6. The lowest BCUT2D eigenvalue weighted by molar-refractivity contribution is -0.129. The first-order valence-corrected chi connectivity index (χ1v) is 4.92. The topological polar surface area (TPSA) is 88.7 Å². The van der Waals surface area contributed by atoms with Gasteiger partial charge in [-0.05, 0) is 26.1 Å². The molecule has 1 heterocycles. The Morgan fingerprint density at radius 1 is 1.73 bits per heavy atom. The standard InChI is InChI=1S/C8H15N5OS/c1-8(2,5(14)10-3)4-13-6(9)11-12-7(13)15/h4H2,1-3H3,(H2,9,11)(H,10,14)(H,12,15). The van der Waals surface area contributed by atoms with Crippen LogP contribution in [0.4, 0.5) is 5.95 Å². The van der Waals surface area contributed by atoms with Crippen molar-refractivity contribution in [2.75, 3.05) is 12.8 Å². The quantitative estimate of drug-likeness (QED) is 0.650. The molecule has 0 saturated carbocycles. The van der Waals surface area contributed by atoms with Crippen LogP contribution in [0.3, 0.4) is 0 Å². The molecule has 4 N–H and O–H groups in total. The summed E-state index contributed by atoms with van der Waals surface area (Å²) in [6.07, 6.45) is 0. The van der Waals surface area contributed by atoms with Gasteiger partial charge in [-0.2, -0.15) is 0 Å². The number of nitrogens with two attached hydrogens (primary N) is 1. The maximum atomic E-state index is 11.6. The van der Waals surface area contributed by atoms with Crippen LogP contribution in [-0.2, 0) is 11.3 Å². The third-order valence-corrected chi connectivity index (χ3v) is 2.49. The number of anilines is 1. The van der Waals surface area contributed by atoms with Crippen molar-refractivity contribution in [3.05, 3.63) is 4.77 Å². The Morgan fingerprint density at radius 3 is 2.73 bits per heavy atom. The number of H-pyrrole nitrogens is 1. The molecule has 1 rings (SSSR count). The highest BCUT2D eigenvalue weighted by atomic mass is 32.1. The van der Waals surface area contributed by atoms with Crippen molar-refractivity contribution < 1.29 is 4.79 Å². The minimum absolute atomic E-state index is 0.0648. The molecule has 0 atom stereocenters. The fourth-order valence-electron chi connectivity index (χ4n) is 1.29. The van der Waals surface area contributed by atoms with Gasteiger partial charge in [0.15, 0.2) is 4.77 Å². The molecule has 1 aromatic rings. The largest absolute Gasteiger partial charge is 0.368 e. The van der Waals surface area contributed by atoms with Gasteiger partial charge in [-0.15, -0.1) is 5.10 Å². The van der Waals surface area contributed by atoms with Crippen LogP contribution in [0.2, 0.25) is 0 Å². The molecule has 0 bridgehead atoms. The van der Waals surface area contributed by atoms with Crippen molar-refractivity contribution >= 4 is 24.1 Å². The monoisotopic (exact) mass is 229 g/mol. The van der Waals surface area contributed by atoms with Crippen molar-refractivity contribution in [2.45, 2.75) is 20.4 Å². The zero-order valence-electron chi connectivity index (χ0n) is 9.00. The fourth-order valence-corrected chi connectivity index (χ4v) is 1.49.